The summed E-state index contributed by atoms with van der Waals surface area (Å²) >= 11 is 0. The molecule has 1 aromatic heterocycles. The normalized spacial score (nSPS) is 24.1. The number of aromatic nitrogens is 2. The molecule has 5 unspecified atom stereocenters. The third kappa shape index (κ3) is 8.95. The summed E-state index contributed by atoms with van der Waals surface area (Å²) < 4.78 is 56.7. The lowest BCUT2D eigenvalue weighted by atomic mass is 10.2. The zero-order valence-corrected chi connectivity index (χ0v) is 20.0. The van der Waals surface area contributed by atoms with Crippen LogP contribution in [0.15, 0.2) is 11.0 Å². The molecule has 0 spiro atoms. The Hall–Kier alpha value is -1.47. The summed E-state index contributed by atoms with van der Waals surface area (Å²) in [5.74, 6) is 5.36. The van der Waals surface area contributed by atoms with Crippen molar-refractivity contribution in [3.8, 4) is 11.8 Å². The van der Waals surface area contributed by atoms with Crippen molar-refractivity contribution in [1.29, 1.82) is 0 Å². The van der Waals surface area contributed by atoms with Crippen LogP contribution >= 0.6 is 23.5 Å². The van der Waals surface area contributed by atoms with Gasteiger partial charge >= 0.3 is 29.2 Å². The first-order chi connectivity index (χ1) is 15.6. The molecule has 0 bridgehead atoms. The first kappa shape index (κ1) is 28.8. The molecule has 1 saturated heterocycles. The van der Waals surface area contributed by atoms with Crippen molar-refractivity contribution in [2.24, 2.45) is 0 Å². The number of hydrogen-bond donors (Lipinski definition) is 6. The van der Waals surface area contributed by atoms with Gasteiger partial charge in [0.1, 0.15) is 18.1 Å². The quantitative estimate of drug-likeness (QED) is 0.119. The maximum atomic E-state index is 12.2. The van der Waals surface area contributed by atoms with Gasteiger partial charge < -0.3 is 39.9 Å². The van der Waals surface area contributed by atoms with Gasteiger partial charge in [0.15, 0.2) is 0 Å². The van der Waals surface area contributed by atoms with E-state index in [-0.39, 0.29) is 17.8 Å². The van der Waals surface area contributed by atoms with E-state index in [0.717, 1.165) is 4.57 Å². The number of nitrogen functional groups attached to an aromatic ring is 1. The Morgan fingerprint density at radius 2 is 1.91 bits per heavy atom. The van der Waals surface area contributed by atoms with Gasteiger partial charge in [-0.3, -0.25) is 9.09 Å². The lowest BCUT2D eigenvalue weighted by Crippen LogP contribution is -2.29. The van der Waals surface area contributed by atoms with Crippen LogP contribution in [0.5, 0.6) is 0 Å². The number of nitrogens with zero attached hydrogens (tertiary/aromatic N) is 2. The molecule has 1 aliphatic rings. The Morgan fingerprint density at radius 1 is 1.24 bits per heavy atom. The van der Waals surface area contributed by atoms with E-state index < -0.39 is 54.2 Å². The maximum absolute atomic E-state index is 12.2. The number of ether oxygens (including phenoxy) is 2. The minimum atomic E-state index is -5.69. The summed E-state index contributed by atoms with van der Waals surface area (Å²) in [6.45, 7) is -0.517. The number of hydrogen-bond acceptors (Lipinski definition) is 12. The predicted octanol–water partition coefficient (Wildman–Crippen LogP) is -0.795. The average Bonchev–Trinajstić information content (AvgIpc) is 3.02. The van der Waals surface area contributed by atoms with Crippen LogP contribution in [0.2, 0.25) is 0 Å². The highest BCUT2D eigenvalue weighted by Gasteiger charge is 2.43. The van der Waals surface area contributed by atoms with Crippen molar-refractivity contribution >= 4 is 29.3 Å². The lowest BCUT2D eigenvalue weighted by molar-refractivity contribution is -0.0449. The molecule has 1 fully saturated rings. The van der Waals surface area contributed by atoms with Crippen LogP contribution in [0.25, 0.3) is 0 Å². The van der Waals surface area contributed by atoms with Crippen LogP contribution in [-0.2, 0) is 36.3 Å². The number of aliphatic hydroxyl groups excluding tert-OH is 1. The maximum Gasteiger partial charge on any atom is 0.490 e. The Kier molecular flexibility index (Phi) is 9.74. The largest absolute Gasteiger partial charge is 0.490 e. The third-order valence-electron chi connectivity index (χ3n) is 3.97. The van der Waals surface area contributed by atoms with Crippen LogP contribution in [0.4, 0.5) is 5.82 Å². The zero-order chi connectivity index (χ0) is 25.7. The molecule has 0 aromatic carbocycles. The second kappa shape index (κ2) is 11.5. The number of anilines is 1. The summed E-state index contributed by atoms with van der Waals surface area (Å²) in [6.07, 6.45) is -2.31. The Bertz CT molecular complexity index is 1140. The SMILES string of the molecule is COCCC#Cc1cn(C2CC(O)C(COP(=O)(O)OP(=O)(O)OP(=O)(O)O)O2)c(=O)nc1N. The molecule has 5 atom stereocenters. The summed E-state index contributed by atoms with van der Waals surface area (Å²) in [4.78, 5) is 51.5. The molecule has 0 radical (unpaired) electrons. The van der Waals surface area contributed by atoms with E-state index in [0.29, 0.717) is 13.0 Å². The smallest absolute Gasteiger partial charge is 0.390 e. The Labute approximate surface area is 191 Å². The van der Waals surface area contributed by atoms with Crippen molar-refractivity contribution < 1.29 is 61.0 Å². The van der Waals surface area contributed by atoms with E-state index in [9.17, 15) is 28.5 Å². The van der Waals surface area contributed by atoms with Crippen LogP contribution in [0, 0.1) is 11.8 Å². The van der Waals surface area contributed by atoms with Crippen molar-refractivity contribution in [3.05, 3.63) is 22.2 Å². The highest BCUT2D eigenvalue weighted by atomic mass is 31.3. The lowest BCUT2D eigenvalue weighted by Gasteiger charge is -2.19. The summed E-state index contributed by atoms with van der Waals surface area (Å²) in [6, 6.07) is 0. The van der Waals surface area contributed by atoms with Crippen LogP contribution in [-0.4, -0.2) is 66.8 Å². The number of aliphatic hydroxyl groups is 1. The fourth-order valence-corrected chi connectivity index (χ4v) is 5.63. The van der Waals surface area contributed by atoms with Crippen LogP contribution in [0.3, 0.4) is 0 Å². The van der Waals surface area contributed by atoms with E-state index in [2.05, 4.69) is 30.0 Å². The zero-order valence-electron chi connectivity index (χ0n) is 17.4. The number of methoxy groups -OCH3 is 1. The van der Waals surface area contributed by atoms with Gasteiger partial charge in [0.2, 0.25) is 0 Å². The van der Waals surface area contributed by atoms with E-state index in [1.54, 1.807) is 0 Å². The molecule has 0 aliphatic carbocycles. The van der Waals surface area contributed by atoms with Gasteiger partial charge in [-0.05, 0) is 0 Å². The molecule has 2 rings (SSSR count). The van der Waals surface area contributed by atoms with Crippen molar-refractivity contribution in [1.82, 2.24) is 9.55 Å². The summed E-state index contributed by atoms with van der Waals surface area (Å²) in [5, 5.41) is 10.2. The minimum absolute atomic E-state index is 0.131. The van der Waals surface area contributed by atoms with Crippen LogP contribution < -0.4 is 11.4 Å². The van der Waals surface area contributed by atoms with E-state index >= 15 is 0 Å². The van der Waals surface area contributed by atoms with Crippen molar-refractivity contribution in [2.45, 2.75) is 31.3 Å². The fraction of sp³-hybridized carbons (Fsp3) is 0.571. The van der Waals surface area contributed by atoms with Gasteiger partial charge in [-0.25, -0.2) is 18.5 Å². The Balaban J connectivity index is 2.07. The first-order valence-electron chi connectivity index (χ1n) is 9.11. The van der Waals surface area contributed by atoms with Gasteiger partial charge in [0.25, 0.3) is 0 Å². The Morgan fingerprint density at radius 3 is 2.53 bits per heavy atom. The minimum Gasteiger partial charge on any atom is -0.390 e. The van der Waals surface area contributed by atoms with Gasteiger partial charge in [0, 0.05) is 26.1 Å². The number of nitrogens with two attached hydrogens (primary N) is 1. The molecule has 20 heteroatoms. The molecule has 17 nitrogen and oxygen atoms in total. The molecule has 34 heavy (non-hydrogen) atoms. The average molecular weight is 549 g/mol. The van der Waals surface area contributed by atoms with E-state index in [1.165, 1.54) is 13.3 Å². The van der Waals surface area contributed by atoms with E-state index in [4.69, 9.17) is 29.9 Å². The summed E-state index contributed by atoms with van der Waals surface area (Å²) in [7, 11) is -15.1. The topological polar surface area (TPSA) is 259 Å². The van der Waals surface area contributed by atoms with Crippen molar-refractivity contribution in [3.63, 3.8) is 0 Å². The molecule has 192 valence electrons. The molecule has 1 aliphatic heterocycles. The second-order valence-electron chi connectivity index (χ2n) is 6.59. The third-order valence-corrected chi connectivity index (χ3v) is 7.77. The van der Waals surface area contributed by atoms with Gasteiger partial charge in [-0.15, -0.1) is 0 Å². The molecule has 0 amide bonds. The predicted molar refractivity (Wildman–Crippen MR) is 111 cm³/mol. The van der Waals surface area contributed by atoms with Gasteiger partial charge in [-0.1, -0.05) is 11.8 Å². The first-order valence-corrected chi connectivity index (χ1v) is 13.6. The second-order valence-corrected chi connectivity index (χ2v) is 11.0. The molecule has 2 heterocycles. The standard InChI is InChI=1S/C14H22N3O14P3/c1-27-5-3-2-4-9-7-17(14(19)16-13(9)15)12-6-10(18)11(29-12)8-28-33(23,24)31-34(25,26)30-32(20,21)22/h7,10-12,18H,3,5-6,8H2,1H3,(H,23,24)(H,25,26)(H2,15,16,19)(H2,20,21,22). The van der Waals surface area contributed by atoms with Crippen LogP contribution in [0.1, 0.15) is 24.6 Å². The highest BCUT2D eigenvalue weighted by Crippen LogP contribution is 2.66. The van der Waals surface area contributed by atoms with Crippen molar-refractivity contribution in [2.75, 3.05) is 26.1 Å². The molecular formula is C14H22N3O14P3. The number of rotatable bonds is 10. The molecular weight excluding hydrogens is 527 g/mol. The van der Waals surface area contributed by atoms with Gasteiger partial charge in [-0.2, -0.15) is 13.6 Å². The molecule has 7 N–H and O–H groups in total. The fourth-order valence-electron chi connectivity index (χ4n) is 2.60. The summed E-state index contributed by atoms with van der Waals surface area (Å²) in [5.41, 5.74) is 5.07. The number of phosphoric ester groups is 1. The number of phosphoric acid groups is 3. The molecule has 0 saturated carbocycles. The van der Waals surface area contributed by atoms with Gasteiger partial charge in [0.05, 0.1) is 24.9 Å². The highest BCUT2D eigenvalue weighted by molar-refractivity contribution is 7.66. The molecule has 1 aromatic rings. The van der Waals surface area contributed by atoms with E-state index in [1.807, 2.05) is 0 Å². The monoisotopic (exact) mass is 549 g/mol.